The number of nitrogens with two attached hydrogens (primary N) is 1. The molecule has 0 aliphatic heterocycles. The molecule has 2 rings (SSSR count). The molecular formula is C17H27ClN2OS. The molecular weight excluding hydrogens is 316 g/mol. The van der Waals surface area contributed by atoms with E-state index in [0.717, 1.165) is 38.8 Å². The summed E-state index contributed by atoms with van der Waals surface area (Å²) >= 11 is 1.91. The predicted octanol–water partition coefficient (Wildman–Crippen LogP) is 3.76. The van der Waals surface area contributed by atoms with Crippen molar-refractivity contribution in [2.45, 2.75) is 54.6 Å². The maximum atomic E-state index is 11.9. The van der Waals surface area contributed by atoms with Gasteiger partial charge in [0.1, 0.15) is 0 Å². The molecule has 0 saturated heterocycles. The molecule has 0 unspecified atom stereocenters. The highest BCUT2D eigenvalue weighted by molar-refractivity contribution is 8.01. The highest BCUT2D eigenvalue weighted by Gasteiger charge is 2.43. The molecule has 1 fully saturated rings. The fourth-order valence-corrected chi connectivity index (χ4v) is 3.57. The van der Waals surface area contributed by atoms with Gasteiger partial charge in [0.25, 0.3) is 0 Å². The lowest BCUT2D eigenvalue weighted by atomic mass is 10.1. The first-order valence-electron chi connectivity index (χ1n) is 7.95. The lowest BCUT2D eigenvalue weighted by Gasteiger charge is -2.15. The Morgan fingerprint density at radius 1 is 1.14 bits per heavy atom. The molecule has 1 saturated carbocycles. The molecule has 0 bridgehead atoms. The van der Waals surface area contributed by atoms with E-state index >= 15 is 0 Å². The second kappa shape index (κ2) is 10.1. The van der Waals surface area contributed by atoms with Crippen molar-refractivity contribution in [2.75, 3.05) is 13.1 Å². The minimum Gasteiger partial charge on any atom is -0.355 e. The SMILES string of the molecule is Cl.NCCCCCCC(=O)NCC1(Sc2ccccc2)CC1. The maximum absolute atomic E-state index is 11.9. The van der Waals surface area contributed by atoms with Gasteiger partial charge in [-0.1, -0.05) is 31.0 Å². The first-order chi connectivity index (χ1) is 10.2. The van der Waals surface area contributed by atoms with E-state index in [2.05, 4.69) is 29.6 Å². The molecule has 3 nitrogen and oxygen atoms in total. The second-order valence-electron chi connectivity index (χ2n) is 5.83. The standard InChI is InChI=1S/C17H26N2OS.ClH/c18-13-7-2-1-6-10-16(20)19-14-17(11-12-17)21-15-8-4-3-5-9-15;/h3-5,8-9H,1-2,6-7,10-14,18H2,(H,19,20);1H. The Morgan fingerprint density at radius 3 is 2.45 bits per heavy atom. The van der Waals surface area contributed by atoms with Crippen LogP contribution >= 0.6 is 24.2 Å². The molecule has 0 spiro atoms. The van der Waals surface area contributed by atoms with Crippen LogP contribution in [0.3, 0.4) is 0 Å². The summed E-state index contributed by atoms with van der Waals surface area (Å²) in [7, 11) is 0. The Kier molecular flexibility index (Phi) is 8.91. The summed E-state index contributed by atoms with van der Waals surface area (Å²) < 4.78 is 0.247. The zero-order valence-corrected chi connectivity index (χ0v) is 14.7. The summed E-state index contributed by atoms with van der Waals surface area (Å²) in [5.74, 6) is 0.197. The Labute approximate surface area is 144 Å². The molecule has 1 aliphatic carbocycles. The lowest BCUT2D eigenvalue weighted by Crippen LogP contribution is -2.31. The summed E-state index contributed by atoms with van der Waals surface area (Å²) in [6, 6.07) is 10.5. The van der Waals surface area contributed by atoms with Crippen LogP contribution in [0.15, 0.2) is 35.2 Å². The van der Waals surface area contributed by atoms with E-state index in [9.17, 15) is 4.79 Å². The molecule has 22 heavy (non-hydrogen) atoms. The highest BCUT2D eigenvalue weighted by atomic mass is 35.5. The molecule has 0 atom stereocenters. The van der Waals surface area contributed by atoms with Crippen molar-refractivity contribution < 1.29 is 4.79 Å². The van der Waals surface area contributed by atoms with Crippen LogP contribution < -0.4 is 11.1 Å². The van der Waals surface area contributed by atoms with Crippen LogP contribution in [0.1, 0.15) is 44.9 Å². The summed E-state index contributed by atoms with van der Waals surface area (Å²) in [6.07, 6.45) is 7.33. The predicted molar refractivity (Wildman–Crippen MR) is 96.7 cm³/mol. The van der Waals surface area contributed by atoms with E-state index in [1.807, 2.05) is 17.8 Å². The fourth-order valence-electron chi connectivity index (χ4n) is 2.32. The topological polar surface area (TPSA) is 55.1 Å². The van der Waals surface area contributed by atoms with E-state index < -0.39 is 0 Å². The van der Waals surface area contributed by atoms with Crippen molar-refractivity contribution in [3.05, 3.63) is 30.3 Å². The first kappa shape index (κ1) is 19.3. The van der Waals surface area contributed by atoms with Crippen LogP contribution in [0.5, 0.6) is 0 Å². The molecule has 0 heterocycles. The zero-order chi connectivity index (χ0) is 15.0. The number of unbranched alkanes of at least 4 members (excludes halogenated alkanes) is 3. The summed E-state index contributed by atoms with van der Waals surface area (Å²) in [5, 5.41) is 3.11. The minimum absolute atomic E-state index is 0. The Bertz CT molecular complexity index is 438. The van der Waals surface area contributed by atoms with Gasteiger partial charge in [-0.15, -0.1) is 24.2 Å². The molecule has 5 heteroatoms. The van der Waals surface area contributed by atoms with Gasteiger partial charge in [0, 0.05) is 22.6 Å². The van der Waals surface area contributed by atoms with Gasteiger partial charge in [-0.2, -0.15) is 0 Å². The Hall–Kier alpha value is -0.710. The quantitative estimate of drug-likeness (QED) is 0.636. The van der Waals surface area contributed by atoms with Gasteiger partial charge in [-0.25, -0.2) is 0 Å². The Morgan fingerprint density at radius 2 is 1.82 bits per heavy atom. The number of amides is 1. The van der Waals surface area contributed by atoms with E-state index in [1.165, 1.54) is 17.7 Å². The molecule has 1 aromatic rings. The van der Waals surface area contributed by atoms with Gasteiger partial charge < -0.3 is 11.1 Å². The number of rotatable bonds is 10. The van der Waals surface area contributed by atoms with Crippen molar-refractivity contribution in [3.8, 4) is 0 Å². The number of halogens is 1. The molecule has 0 radical (unpaired) electrons. The average Bonchev–Trinajstić information content (AvgIpc) is 3.26. The molecule has 0 aromatic heterocycles. The maximum Gasteiger partial charge on any atom is 0.220 e. The molecule has 124 valence electrons. The second-order valence-corrected chi connectivity index (χ2v) is 7.37. The highest BCUT2D eigenvalue weighted by Crippen LogP contribution is 2.51. The number of carbonyl (C=O) groups excluding carboxylic acids is 1. The largest absolute Gasteiger partial charge is 0.355 e. The third-order valence-electron chi connectivity index (χ3n) is 3.85. The van der Waals surface area contributed by atoms with Crippen molar-refractivity contribution >= 4 is 30.1 Å². The number of carbonyl (C=O) groups is 1. The van der Waals surface area contributed by atoms with Crippen LogP contribution in [0.4, 0.5) is 0 Å². The normalized spacial score (nSPS) is 15.0. The summed E-state index contributed by atoms with van der Waals surface area (Å²) in [6.45, 7) is 1.56. The molecule has 1 aliphatic rings. The number of hydrogen-bond acceptors (Lipinski definition) is 3. The monoisotopic (exact) mass is 342 g/mol. The van der Waals surface area contributed by atoms with Gasteiger partial charge in [-0.05, 0) is 44.4 Å². The fraction of sp³-hybridized carbons (Fsp3) is 0.588. The van der Waals surface area contributed by atoms with Crippen molar-refractivity contribution in [2.24, 2.45) is 5.73 Å². The lowest BCUT2D eigenvalue weighted by molar-refractivity contribution is -0.121. The number of hydrogen-bond donors (Lipinski definition) is 2. The van der Waals surface area contributed by atoms with Gasteiger partial charge in [-0.3, -0.25) is 4.79 Å². The number of thioether (sulfide) groups is 1. The van der Waals surface area contributed by atoms with E-state index in [-0.39, 0.29) is 23.1 Å². The zero-order valence-electron chi connectivity index (χ0n) is 13.1. The van der Waals surface area contributed by atoms with Gasteiger partial charge in [0.05, 0.1) is 0 Å². The number of benzene rings is 1. The molecule has 1 amide bonds. The van der Waals surface area contributed by atoms with E-state index in [4.69, 9.17) is 5.73 Å². The van der Waals surface area contributed by atoms with Gasteiger partial charge in [0.15, 0.2) is 0 Å². The summed E-state index contributed by atoms with van der Waals surface area (Å²) in [4.78, 5) is 13.2. The molecule has 3 N–H and O–H groups in total. The summed E-state index contributed by atoms with van der Waals surface area (Å²) in [5.41, 5.74) is 5.45. The van der Waals surface area contributed by atoms with Crippen LogP contribution in [0.25, 0.3) is 0 Å². The van der Waals surface area contributed by atoms with Crippen LogP contribution in [-0.4, -0.2) is 23.7 Å². The smallest absolute Gasteiger partial charge is 0.220 e. The molecule has 1 aromatic carbocycles. The van der Waals surface area contributed by atoms with Crippen LogP contribution in [-0.2, 0) is 4.79 Å². The van der Waals surface area contributed by atoms with Crippen molar-refractivity contribution in [3.63, 3.8) is 0 Å². The van der Waals surface area contributed by atoms with E-state index in [0.29, 0.717) is 6.42 Å². The average molecular weight is 343 g/mol. The number of nitrogens with one attached hydrogen (secondary N) is 1. The Balaban J connectivity index is 0.00000242. The third kappa shape index (κ3) is 7.03. The van der Waals surface area contributed by atoms with Crippen LogP contribution in [0.2, 0.25) is 0 Å². The third-order valence-corrected chi connectivity index (χ3v) is 5.34. The van der Waals surface area contributed by atoms with Crippen molar-refractivity contribution in [1.82, 2.24) is 5.32 Å². The van der Waals surface area contributed by atoms with Gasteiger partial charge in [0.2, 0.25) is 5.91 Å². The minimum atomic E-state index is 0. The van der Waals surface area contributed by atoms with Crippen LogP contribution in [0, 0.1) is 0 Å². The first-order valence-corrected chi connectivity index (χ1v) is 8.77. The van der Waals surface area contributed by atoms with E-state index in [1.54, 1.807) is 0 Å². The van der Waals surface area contributed by atoms with Crippen molar-refractivity contribution in [1.29, 1.82) is 0 Å². The van der Waals surface area contributed by atoms with Gasteiger partial charge >= 0.3 is 0 Å².